The quantitative estimate of drug-likeness (QED) is 0.747. The van der Waals surface area contributed by atoms with Gasteiger partial charge in [-0.25, -0.2) is 4.79 Å². The molecule has 0 atom stereocenters. The molecule has 2 aromatic rings. The van der Waals surface area contributed by atoms with E-state index < -0.39 is 5.97 Å². The largest absolute Gasteiger partial charge is 0.478 e. The van der Waals surface area contributed by atoms with Crippen molar-refractivity contribution in [3.05, 3.63) is 47.5 Å². The van der Waals surface area contributed by atoms with Crippen molar-refractivity contribution in [3.63, 3.8) is 0 Å². The molecular weight excluding hydrogens is 272 g/mol. The first-order valence-corrected chi connectivity index (χ1v) is 6.39. The highest BCUT2D eigenvalue weighted by atomic mass is 16.7. The van der Waals surface area contributed by atoms with Crippen molar-refractivity contribution in [2.45, 2.75) is 6.54 Å². The summed E-state index contributed by atoms with van der Waals surface area (Å²) in [6.07, 6.45) is 0. The van der Waals surface area contributed by atoms with E-state index in [-0.39, 0.29) is 18.0 Å². The van der Waals surface area contributed by atoms with E-state index in [2.05, 4.69) is 5.32 Å². The monoisotopic (exact) mass is 286 g/mol. The van der Waals surface area contributed by atoms with Crippen LogP contribution in [0.2, 0.25) is 0 Å². The normalized spacial score (nSPS) is 12.2. The number of rotatable bonds is 4. The summed E-state index contributed by atoms with van der Waals surface area (Å²) in [4.78, 5) is 11.0. The summed E-state index contributed by atoms with van der Waals surface area (Å²) in [6.45, 7) is 0.740. The molecule has 2 aromatic carbocycles. The van der Waals surface area contributed by atoms with Crippen LogP contribution in [-0.2, 0) is 6.54 Å². The lowest BCUT2D eigenvalue weighted by Crippen LogP contribution is -2.07. The maximum absolute atomic E-state index is 11.0. The van der Waals surface area contributed by atoms with Gasteiger partial charge in [0.05, 0.1) is 16.9 Å². The first-order chi connectivity index (χ1) is 10.1. The van der Waals surface area contributed by atoms with E-state index in [1.807, 2.05) is 18.2 Å². The average molecular weight is 286 g/mol. The third kappa shape index (κ3) is 2.55. The van der Waals surface area contributed by atoms with Gasteiger partial charge in [0.1, 0.15) is 0 Å². The Morgan fingerprint density at radius 2 is 2.05 bits per heavy atom. The van der Waals surface area contributed by atoms with Crippen molar-refractivity contribution < 1.29 is 19.4 Å². The molecule has 6 heteroatoms. The lowest BCUT2D eigenvalue weighted by Gasteiger charge is -2.11. The van der Waals surface area contributed by atoms with Gasteiger partial charge in [-0.1, -0.05) is 12.1 Å². The number of para-hydroxylation sites is 1. The van der Waals surface area contributed by atoms with E-state index in [9.17, 15) is 4.79 Å². The summed E-state index contributed by atoms with van der Waals surface area (Å²) in [6, 6.07) is 10.5. The van der Waals surface area contributed by atoms with Gasteiger partial charge in [-0.15, -0.1) is 0 Å². The van der Waals surface area contributed by atoms with Crippen molar-refractivity contribution in [2.24, 2.45) is 0 Å². The molecule has 1 aliphatic heterocycles. The van der Waals surface area contributed by atoms with Gasteiger partial charge in [0.2, 0.25) is 6.79 Å². The number of nitrogens with two attached hydrogens (primary N) is 1. The highest BCUT2D eigenvalue weighted by Crippen LogP contribution is 2.33. The summed E-state index contributed by atoms with van der Waals surface area (Å²) in [5.74, 6) is 0.395. The number of aromatic carboxylic acids is 1. The highest BCUT2D eigenvalue weighted by molar-refractivity contribution is 5.97. The van der Waals surface area contributed by atoms with Crippen LogP contribution < -0.4 is 20.5 Å². The predicted molar refractivity (Wildman–Crippen MR) is 77.7 cm³/mol. The van der Waals surface area contributed by atoms with Crippen LogP contribution in [-0.4, -0.2) is 17.9 Å². The predicted octanol–water partition coefficient (Wildman–Crippen LogP) is 2.31. The molecule has 0 amide bonds. The summed E-state index contributed by atoms with van der Waals surface area (Å²) in [7, 11) is 0. The molecule has 0 saturated heterocycles. The first-order valence-electron chi connectivity index (χ1n) is 6.39. The Bertz CT molecular complexity index is 700. The molecule has 0 aliphatic carbocycles. The minimum atomic E-state index is -1.04. The fourth-order valence-corrected chi connectivity index (χ4v) is 2.15. The van der Waals surface area contributed by atoms with Gasteiger partial charge in [-0.2, -0.15) is 0 Å². The number of carboxylic acids is 1. The minimum Gasteiger partial charge on any atom is -0.478 e. The number of carbonyl (C=O) groups is 1. The summed E-state index contributed by atoms with van der Waals surface area (Å²) >= 11 is 0. The first kappa shape index (κ1) is 13.1. The van der Waals surface area contributed by atoms with Crippen molar-refractivity contribution in [3.8, 4) is 11.5 Å². The Labute approximate surface area is 121 Å². The molecule has 0 saturated carbocycles. The Kier molecular flexibility index (Phi) is 3.27. The second-order valence-electron chi connectivity index (χ2n) is 4.61. The molecule has 3 rings (SSSR count). The second kappa shape index (κ2) is 5.24. The van der Waals surface area contributed by atoms with Gasteiger partial charge < -0.3 is 25.6 Å². The van der Waals surface area contributed by atoms with E-state index in [1.54, 1.807) is 12.1 Å². The smallest absolute Gasteiger partial charge is 0.337 e. The van der Waals surface area contributed by atoms with Crippen LogP contribution in [0.15, 0.2) is 36.4 Å². The molecule has 0 fully saturated rings. The molecule has 1 aliphatic rings. The van der Waals surface area contributed by atoms with Gasteiger partial charge in [-0.05, 0) is 29.8 Å². The number of carboxylic acid groups (broad SMARTS) is 1. The number of nitrogen functional groups attached to an aromatic ring is 1. The number of hydrogen-bond donors (Lipinski definition) is 3. The molecule has 1 heterocycles. The number of hydrogen-bond acceptors (Lipinski definition) is 5. The zero-order valence-electron chi connectivity index (χ0n) is 11.1. The molecule has 0 unspecified atom stereocenters. The molecule has 0 spiro atoms. The number of ether oxygens (including phenoxy) is 2. The minimum absolute atomic E-state index is 0.0886. The van der Waals surface area contributed by atoms with Gasteiger partial charge >= 0.3 is 5.97 Å². The molecule has 6 nitrogen and oxygen atoms in total. The lowest BCUT2D eigenvalue weighted by atomic mass is 10.1. The maximum Gasteiger partial charge on any atom is 0.337 e. The molecule has 4 N–H and O–H groups in total. The zero-order chi connectivity index (χ0) is 14.8. The Hall–Kier alpha value is -2.89. The van der Waals surface area contributed by atoms with E-state index in [0.29, 0.717) is 18.0 Å². The maximum atomic E-state index is 11.0. The third-order valence-corrected chi connectivity index (χ3v) is 3.26. The van der Waals surface area contributed by atoms with Crippen LogP contribution in [0.5, 0.6) is 11.5 Å². The van der Waals surface area contributed by atoms with Gasteiger partial charge in [0.15, 0.2) is 11.5 Å². The van der Waals surface area contributed by atoms with E-state index >= 15 is 0 Å². The molecular formula is C15H14N2O4. The number of benzene rings is 2. The van der Waals surface area contributed by atoms with Crippen molar-refractivity contribution in [2.75, 3.05) is 17.8 Å². The Morgan fingerprint density at radius 1 is 1.24 bits per heavy atom. The number of anilines is 2. The third-order valence-electron chi connectivity index (χ3n) is 3.26. The fraction of sp³-hybridized carbons (Fsp3) is 0.133. The standard InChI is InChI=1S/C15H14N2O4/c16-14-10(15(18)19)2-1-3-11(14)17-7-9-4-5-12-13(6-9)21-8-20-12/h1-6,17H,7-8,16H2,(H,18,19). The van der Waals surface area contributed by atoms with Gasteiger partial charge in [0, 0.05) is 6.54 Å². The van der Waals surface area contributed by atoms with Crippen LogP contribution in [0.25, 0.3) is 0 Å². The number of fused-ring (bicyclic) bond motifs is 1. The molecule has 0 radical (unpaired) electrons. The van der Waals surface area contributed by atoms with Crippen molar-refractivity contribution >= 4 is 17.3 Å². The topological polar surface area (TPSA) is 93.8 Å². The SMILES string of the molecule is Nc1c(NCc2ccc3c(c2)OCO3)cccc1C(=O)O. The lowest BCUT2D eigenvalue weighted by molar-refractivity contribution is 0.0698. The zero-order valence-corrected chi connectivity index (χ0v) is 11.1. The van der Waals surface area contributed by atoms with Crippen molar-refractivity contribution in [1.82, 2.24) is 0 Å². The summed E-state index contributed by atoms with van der Waals surface area (Å²) in [5.41, 5.74) is 7.74. The second-order valence-corrected chi connectivity index (χ2v) is 4.61. The number of nitrogens with one attached hydrogen (secondary N) is 1. The van der Waals surface area contributed by atoms with E-state index in [1.165, 1.54) is 6.07 Å². The highest BCUT2D eigenvalue weighted by Gasteiger charge is 2.14. The summed E-state index contributed by atoms with van der Waals surface area (Å²) in [5, 5.41) is 12.2. The van der Waals surface area contributed by atoms with E-state index in [0.717, 1.165) is 11.3 Å². The molecule has 0 bridgehead atoms. The van der Waals surface area contributed by atoms with Crippen LogP contribution >= 0.6 is 0 Å². The van der Waals surface area contributed by atoms with Gasteiger partial charge in [-0.3, -0.25) is 0 Å². The van der Waals surface area contributed by atoms with Crippen LogP contribution in [0.4, 0.5) is 11.4 Å². The Morgan fingerprint density at radius 3 is 2.86 bits per heavy atom. The van der Waals surface area contributed by atoms with Crippen molar-refractivity contribution in [1.29, 1.82) is 0 Å². The molecule has 21 heavy (non-hydrogen) atoms. The Balaban J connectivity index is 1.76. The molecule has 108 valence electrons. The fourth-order valence-electron chi connectivity index (χ4n) is 2.15. The van der Waals surface area contributed by atoms with Crippen LogP contribution in [0, 0.1) is 0 Å². The van der Waals surface area contributed by atoms with Crippen LogP contribution in [0.1, 0.15) is 15.9 Å². The summed E-state index contributed by atoms with van der Waals surface area (Å²) < 4.78 is 10.6. The van der Waals surface area contributed by atoms with Crippen LogP contribution in [0.3, 0.4) is 0 Å². The van der Waals surface area contributed by atoms with E-state index in [4.69, 9.17) is 20.3 Å². The molecule has 0 aromatic heterocycles. The average Bonchev–Trinajstić information content (AvgIpc) is 2.93. The van der Waals surface area contributed by atoms with Gasteiger partial charge in [0.25, 0.3) is 0 Å².